The lowest BCUT2D eigenvalue weighted by Gasteiger charge is -2.25. The van der Waals surface area contributed by atoms with Gasteiger partial charge in [0, 0.05) is 6.54 Å². The van der Waals surface area contributed by atoms with E-state index in [2.05, 4.69) is 10.6 Å². The molecule has 2 heterocycles. The van der Waals surface area contributed by atoms with Crippen molar-refractivity contribution >= 4 is 33.2 Å². The molecule has 2 aliphatic heterocycles. The van der Waals surface area contributed by atoms with Crippen molar-refractivity contribution in [2.75, 3.05) is 30.4 Å². The molecule has 1 unspecified atom stereocenters. The summed E-state index contributed by atoms with van der Waals surface area (Å²) < 4.78 is 38.6. The summed E-state index contributed by atoms with van der Waals surface area (Å²) in [4.78, 5) is 24.6. The zero-order chi connectivity index (χ0) is 22.0. The van der Waals surface area contributed by atoms with Gasteiger partial charge in [0.15, 0.2) is 6.61 Å². The number of fused-ring (bicyclic) bond motifs is 1. The molecule has 2 aromatic rings. The van der Waals surface area contributed by atoms with Gasteiger partial charge in [-0.1, -0.05) is 12.1 Å². The number of hydrogen-bond acceptors (Lipinski definition) is 6. The van der Waals surface area contributed by atoms with E-state index in [1.807, 2.05) is 6.92 Å². The highest BCUT2D eigenvalue weighted by molar-refractivity contribution is 7.89. The fourth-order valence-electron chi connectivity index (χ4n) is 3.72. The van der Waals surface area contributed by atoms with Crippen LogP contribution in [0.5, 0.6) is 11.5 Å². The molecule has 2 amide bonds. The highest BCUT2D eigenvalue weighted by Gasteiger charge is 2.40. The number of rotatable bonds is 6. The largest absolute Gasteiger partial charge is 0.492 e. The van der Waals surface area contributed by atoms with Crippen molar-refractivity contribution in [3.8, 4) is 11.5 Å². The molecule has 164 valence electrons. The number of anilines is 2. The molecule has 0 saturated carbocycles. The summed E-state index contributed by atoms with van der Waals surface area (Å²) in [5.74, 6) is 0.161. The van der Waals surface area contributed by atoms with Crippen LogP contribution >= 0.6 is 0 Å². The SMILES string of the molecule is CCOc1ccccc1NC(=O)C1CCCN1S(=O)(=O)c1ccc2c(c1)NC(=O)CO2. The lowest BCUT2D eigenvalue weighted by atomic mass is 10.2. The number of hydrogen-bond donors (Lipinski definition) is 2. The number of benzene rings is 2. The first kappa shape index (κ1) is 21.1. The second-order valence-electron chi connectivity index (χ2n) is 7.19. The molecule has 0 aliphatic carbocycles. The Morgan fingerprint density at radius 1 is 1.29 bits per heavy atom. The van der Waals surface area contributed by atoms with Crippen LogP contribution in [0.3, 0.4) is 0 Å². The number of amides is 2. The Hall–Kier alpha value is -3.11. The second-order valence-corrected chi connectivity index (χ2v) is 9.08. The Morgan fingerprint density at radius 2 is 2.10 bits per heavy atom. The normalized spacial score (nSPS) is 18.6. The molecule has 2 aliphatic rings. The number of para-hydroxylation sites is 2. The Labute approximate surface area is 180 Å². The lowest BCUT2D eigenvalue weighted by Crippen LogP contribution is -2.43. The van der Waals surface area contributed by atoms with Crippen LogP contribution in [-0.4, -0.2) is 50.3 Å². The number of ether oxygens (including phenoxy) is 2. The maximum Gasteiger partial charge on any atom is 0.262 e. The van der Waals surface area contributed by atoms with Gasteiger partial charge in [0.1, 0.15) is 17.5 Å². The van der Waals surface area contributed by atoms with Crippen LogP contribution in [0, 0.1) is 0 Å². The third-order valence-electron chi connectivity index (χ3n) is 5.14. The van der Waals surface area contributed by atoms with Crippen molar-refractivity contribution in [2.24, 2.45) is 0 Å². The third-order valence-corrected chi connectivity index (χ3v) is 7.05. The van der Waals surface area contributed by atoms with Gasteiger partial charge in [-0.3, -0.25) is 9.59 Å². The van der Waals surface area contributed by atoms with Crippen LogP contribution in [0.2, 0.25) is 0 Å². The van der Waals surface area contributed by atoms with E-state index in [1.54, 1.807) is 24.3 Å². The summed E-state index contributed by atoms with van der Waals surface area (Å²) in [6.45, 7) is 2.40. The van der Waals surface area contributed by atoms with Crippen LogP contribution in [0.4, 0.5) is 11.4 Å². The second kappa shape index (κ2) is 8.56. The van der Waals surface area contributed by atoms with Crippen LogP contribution in [0.15, 0.2) is 47.4 Å². The highest BCUT2D eigenvalue weighted by atomic mass is 32.2. The van der Waals surface area contributed by atoms with Crippen molar-refractivity contribution in [1.82, 2.24) is 4.31 Å². The summed E-state index contributed by atoms with van der Waals surface area (Å²) in [7, 11) is -3.96. The summed E-state index contributed by atoms with van der Waals surface area (Å²) in [6, 6.07) is 10.5. The van der Waals surface area contributed by atoms with E-state index >= 15 is 0 Å². The molecule has 0 spiro atoms. The van der Waals surface area contributed by atoms with Crippen molar-refractivity contribution in [3.05, 3.63) is 42.5 Å². The van der Waals surface area contributed by atoms with E-state index in [4.69, 9.17) is 9.47 Å². The van der Waals surface area contributed by atoms with Crippen LogP contribution in [-0.2, 0) is 19.6 Å². The fraction of sp³-hybridized carbons (Fsp3) is 0.333. The van der Waals surface area contributed by atoms with Gasteiger partial charge in [0.25, 0.3) is 5.91 Å². The maximum atomic E-state index is 13.3. The Kier molecular flexibility index (Phi) is 5.84. The van der Waals surface area contributed by atoms with Gasteiger partial charge in [0.05, 0.1) is 22.9 Å². The minimum atomic E-state index is -3.96. The average molecular weight is 445 g/mol. The summed E-state index contributed by atoms with van der Waals surface area (Å²) in [5.41, 5.74) is 0.787. The van der Waals surface area contributed by atoms with Crippen LogP contribution in [0.1, 0.15) is 19.8 Å². The quantitative estimate of drug-likeness (QED) is 0.705. The molecule has 2 N–H and O–H groups in total. The van der Waals surface area contributed by atoms with Crippen molar-refractivity contribution in [1.29, 1.82) is 0 Å². The Morgan fingerprint density at radius 3 is 2.90 bits per heavy atom. The van der Waals surface area contributed by atoms with E-state index in [1.165, 1.54) is 22.5 Å². The third kappa shape index (κ3) is 4.21. The maximum absolute atomic E-state index is 13.3. The van der Waals surface area contributed by atoms with E-state index in [9.17, 15) is 18.0 Å². The standard InChI is InChI=1S/C21H23N3O6S/c1-2-29-18-8-4-3-6-15(18)23-21(26)17-7-5-11-24(17)31(27,28)14-9-10-19-16(12-14)22-20(25)13-30-19/h3-4,6,8-10,12,17H,2,5,7,11,13H2,1H3,(H,22,25)(H,23,26). The van der Waals surface area contributed by atoms with Crippen molar-refractivity contribution < 1.29 is 27.5 Å². The molecule has 31 heavy (non-hydrogen) atoms. The van der Waals surface area contributed by atoms with Gasteiger partial charge in [0.2, 0.25) is 15.9 Å². The van der Waals surface area contributed by atoms with E-state index in [0.717, 1.165) is 0 Å². The van der Waals surface area contributed by atoms with Crippen LogP contribution < -0.4 is 20.1 Å². The first-order valence-corrected chi connectivity index (χ1v) is 11.5. The molecular weight excluding hydrogens is 422 g/mol. The molecule has 4 rings (SSSR count). The first-order chi connectivity index (χ1) is 14.9. The molecule has 1 fully saturated rings. The molecule has 9 nitrogen and oxygen atoms in total. The monoisotopic (exact) mass is 445 g/mol. The van der Waals surface area contributed by atoms with Gasteiger partial charge in [-0.2, -0.15) is 4.31 Å². The molecule has 0 aromatic heterocycles. The topological polar surface area (TPSA) is 114 Å². The van der Waals surface area contributed by atoms with Gasteiger partial charge in [-0.25, -0.2) is 8.42 Å². The number of sulfonamides is 1. The van der Waals surface area contributed by atoms with Gasteiger partial charge >= 0.3 is 0 Å². The van der Waals surface area contributed by atoms with Gasteiger partial charge in [-0.05, 0) is 50.1 Å². The number of carbonyl (C=O) groups excluding carboxylic acids is 2. The Balaban J connectivity index is 1.57. The molecule has 0 radical (unpaired) electrons. The smallest absolute Gasteiger partial charge is 0.262 e. The molecule has 0 bridgehead atoms. The van der Waals surface area contributed by atoms with E-state index < -0.39 is 22.0 Å². The summed E-state index contributed by atoms with van der Waals surface area (Å²) >= 11 is 0. The number of carbonyl (C=O) groups is 2. The fourth-order valence-corrected chi connectivity index (χ4v) is 5.40. The predicted octanol–water partition coefficient (Wildman–Crippen LogP) is 2.21. The molecule has 1 saturated heterocycles. The van der Waals surface area contributed by atoms with Crippen molar-refractivity contribution in [3.63, 3.8) is 0 Å². The predicted molar refractivity (Wildman–Crippen MR) is 114 cm³/mol. The first-order valence-electron chi connectivity index (χ1n) is 10.0. The minimum Gasteiger partial charge on any atom is -0.492 e. The van der Waals surface area contributed by atoms with Gasteiger partial charge in [-0.15, -0.1) is 0 Å². The summed E-state index contributed by atoms with van der Waals surface area (Å²) in [5, 5.41) is 5.41. The molecule has 2 aromatic carbocycles. The Bertz CT molecular complexity index is 1120. The minimum absolute atomic E-state index is 0.00790. The van der Waals surface area contributed by atoms with E-state index in [-0.39, 0.29) is 24.0 Å². The summed E-state index contributed by atoms with van der Waals surface area (Å²) in [6.07, 6.45) is 0.974. The molecular formula is C21H23N3O6S. The van der Waals surface area contributed by atoms with Gasteiger partial charge < -0.3 is 20.1 Å². The number of nitrogens with zero attached hydrogens (tertiary/aromatic N) is 1. The zero-order valence-corrected chi connectivity index (χ0v) is 17.8. The van der Waals surface area contributed by atoms with Crippen molar-refractivity contribution in [2.45, 2.75) is 30.7 Å². The van der Waals surface area contributed by atoms with E-state index in [0.29, 0.717) is 42.3 Å². The number of nitrogens with one attached hydrogen (secondary N) is 2. The lowest BCUT2D eigenvalue weighted by molar-refractivity contribution is -0.119. The average Bonchev–Trinajstić information content (AvgIpc) is 3.26. The van der Waals surface area contributed by atoms with Crippen LogP contribution in [0.25, 0.3) is 0 Å². The highest BCUT2D eigenvalue weighted by Crippen LogP contribution is 2.34. The molecule has 1 atom stereocenters. The zero-order valence-electron chi connectivity index (χ0n) is 17.0. The molecule has 10 heteroatoms.